The van der Waals surface area contributed by atoms with Gasteiger partial charge in [0.05, 0.1) is 7.11 Å². The smallest absolute Gasteiger partial charge is 0.165 e. The number of rotatable bonds is 6. The molecule has 0 bridgehead atoms. The van der Waals surface area contributed by atoms with Crippen molar-refractivity contribution < 1.29 is 9.47 Å². The van der Waals surface area contributed by atoms with Crippen molar-refractivity contribution in [3.05, 3.63) is 34.9 Å². The van der Waals surface area contributed by atoms with Crippen LogP contribution in [0.2, 0.25) is 5.02 Å². The van der Waals surface area contributed by atoms with Crippen molar-refractivity contribution in [3.8, 4) is 11.5 Å². The van der Waals surface area contributed by atoms with E-state index in [4.69, 9.17) is 26.8 Å². The van der Waals surface area contributed by atoms with Crippen molar-refractivity contribution in [2.75, 3.05) is 7.11 Å². The van der Waals surface area contributed by atoms with E-state index in [2.05, 4.69) is 10.1 Å². The second kappa shape index (κ2) is 6.78. The molecule has 0 aliphatic rings. The minimum atomic E-state index is -0.00893. The van der Waals surface area contributed by atoms with Crippen molar-refractivity contribution in [3.63, 3.8) is 0 Å². The molecule has 0 saturated carbocycles. The highest BCUT2D eigenvalue weighted by Crippen LogP contribution is 2.35. The molecule has 2 rings (SSSR count). The molecule has 6 nitrogen and oxygen atoms in total. The van der Waals surface area contributed by atoms with Gasteiger partial charge in [0.1, 0.15) is 12.9 Å². The Morgan fingerprint density at radius 1 is 1.43 bits per heavy atom. The lowest BCUT2D eigenvalue weighted by atomic mass is 10.1. The number of nitrogens with zero attached hydrogens (tertiary/aromatic N) is 3. The van der Waals surface area contributed by atoms with E-state index in [9.17, 15) is 0 Å². The fourth-order valence-electron chi connectivity index (χ4n) is 2.02. The molecule has 0 aliphatic carbocycles. The van der Waals surface area contributed by atoms with Gasteiger partial charge in [-0.05, 0) is 19.4 Å². The van der Waals surface area contributed by atoms with Crippen LogP contribution in [-0.4, -0.2) is 27.9 Å². The lowest BCUT2D eigenvalue weighted by Crippen LogP contribution is -2.18. The van der Waals surface area contributed by atoms with Gasteiger partial charge in [0, 0.05) is 29.7 Å². The van der Waals surface area contributed by atoms with E-state index in [0.717, 1.165) is 11.4 Å². The summed E-state index contributed by atoms with van der Waals surface area (Å²) in [4.78, 5) is 4.13. The Morgan fingerprint density at radius 3 is 2.76 bits per heavy atom. The quantitative estimate of drug-likeness (QED) is 0.882. The zero-order valence-electron chi connectivity index (χ0n) is 12.3. The summed E-state index contributed by atoms with van der Waals surface area (Å²) in [7, 11) is 3.39. The third kappa shape index (κ3) is 3.86. The van der Waals surface area contributed by atoms with Crippen molar-refractivity contribution in [1.82, 2.24) is 14.8 Å². The average molecular weight is 311 g/mol. The second-order valence-electron chi connectivity index (χ2n) is 4.87. The molecule has 1 aromatic heterocycles. The second-order valence-corrected chi connectivity index (χ2v) is 5.30. The predicted molar refractivity (Wildman–Crippen MR) is 80.7 cm³/mol. The molecule has 0 radical (unpaired) electrons. The van der Waals surface area contributed by atoms with Gasteiger partial charge in [-0.3, -0.25) is 4.68 Å². The standard InChI is InChI=1S/C14H19ClN4O2/c1-9(16)4-10-5-11(15)6-12(20-3)14(10)21-7-13-17-8-18-19(13)2/h5-6,8-9H,4,7,16H2,1-3H3. The molecule has 0 fully saturated rings. The number of hydrogen-bond acceptors (Lipinski definition) is 5. The van der Waals surface area contributed by atoms with Crippen LogP contribution in [-0.2, 0) is 20.1 Å². The Hall–Kier alpha value is -1.79. The maximum Gasteiger partial charge on any atom is 0.165 e. The van der Waals surface area contributed by atoms with E-state index in [1.54, 1.807) is 17.9 Å². The first-order valence-electron chi connectivity index (χ1n) is 6.59. The molecule has 7 heteroatoms. The van der Waals surface area contributed by atoms with Gasteiger partial charge >= 0.3 is 0 Å². The molecule has 1 atom stereocenters. The van der Waals surface area contributed by atoms with Gasteiger partial charge in [-0.15, -0.1) is 0 Å². The van der Waals surface area contributed by atoms with Crippen LogP contribution < -0.4 is 15.2 Å². The van der Waals surface area contributed by atoms with E-state index in [-0.39, 0.29) is 6.04 Å². The van der Waals surface area contributed by atoms with Gasteiger partial charge in [0.25, 0.3) is 0 Å². The number of halogens is 1. The Morgan fingerprint density at radius 2 is 2.19 bits per heavy atom. The summed E-state index contributed by atoms with van der Waals surface area (Å²) in [5, 5.41) is 4.60. The number of nitrogens with two attached hydrogens (primary N) is 1. The molecular weight excluding hydrogens is 292 g/mol. The van der Waals surface area contributed by atoms with Gasteiger partial charge in [0.2, 0.25) is 0 Å². The first kappa shape index (κ1) is 15.6. The van der Waals surface area contributed by atoms with Gasteiger partial charge in [-0.2, -0.15) is 5.10 Å². The van der Waals surface area contributed by atoms with Crippen molar-refractivity contribution in [2.45, 2.75) is 26.0 Å². The lowest BCUT2D eigenvalue weighted by Gasteiger charge is -2.16. The van der Waals surface area contributed by atoms with Crippen molar-refractivity contribution in [1.29, 1.82) is 0 Å². The zero-order valence-corrected chi connectivity index (χ0v) is 13.1. The maximum absolute atomic E-state index is 6.11. The van der Waals surface area contributed by atoms with Gasteiger partial charge in [0.15, 0.2) is 17.3 Å². The number of hydrogen-bond donors (Lipinski definition) is 1. The summed E-state index contributed by atoms with van der Waals surface area (Å²) in [6.45, 7) is 2.22. The minimum absolute atomic E-state index is 0.00893. The van der Waals surface area contributed by atoms with Crippen LogP contribution in [0.25, 0.3) is 0 Å². The van der Waals surface area contributed by atoms with Gasteiger partial charge < -0.3 is 15.2 Å². The normalized spacial score (nSPS) is 12.2. The summed E-state index contributed by atoms with van der Waals surface area (Å²) in [6.07, 6.45) is 2.13. The van der Waals surface area contributed by atoms with Crippen LogP contribution in [0.3, 0.4) is 0 Å². The highest BCUT2D eigenvalue weighted by atomic mass is 35.5. The first-order chi connectivity index (χ1) is 10.0. The van der Waals surface area contributed by atoms with Crippen LogP contribution in [0.5, 0.6) is 11.5 Å². The summed E-state index contributed by atoms with van der Waals surface area (Å²) in [5.74, 6) is 1.95. The summed E-state index contributed by atoms with van der Waals surface area (Å²) < 4.78 is 12.9. The number of benzene rings is 1. The molecule has 2 aromatic rings. The van der Waals surface area contributed by atoms with Crippen molar-refractivity contribution >= 4 is 11.6 Å². The maximum atomic E-state index is 6.11. The van der Waals surface area contributed by atoms with Crippen molar-refractivity contribution in [2.24, 2.45) is 12.8 Å². The molecule has 0 spiro atoms. The SMILES string of the molecule is COc1cc(Cl)cc(CC(C)N)c1OCc1ncnn1C. The molecular formula is C14H19ClN4O2. The molecule has 21 heavy (non-hydrogen) atoms. The first-order valence-corrected chi connectivity index (χ1v) is 6.96. The molecule has 0 amide bonds. The molecule has 1 unspecified atom stereocenters. The summed E-state index contributed by atoms with van der Waals surface area (Å²) in [5.41, 5.74) is 6.80. The average Bonchev–Trinajstić information content (AvgIpc) is 2.82. The largest absolute Gasteiger partial charge is 0.493 e. The number of ether oxygens (including phenoxy) is 2. The minimum Gasteiger partial charge on any atom is -0.493 e. The summed E-state index contributed by atoms with van der Waals surface area (Å²) in [6, 6.07) is 3.56. The third-order valence-electron chi connectivity index (χ3n) is 3.01. The van der Waals surface area contributed by atoms with E-state index >= 15 is 0 Å². The summed E-state index contributed by atoms with van der Waals surface area (Å²) >= 11 is 6.11. The third-order valence-corrected chi connectivity index (χ3v) is 3.23. The fourth-order valence-corrected chi connectivity index (χ4v) is 2.25. The van der Waals surface area contributed by atoms with Crippen LogP contribution in [0.4, 0.5) is 0 Å². The lowest BCUT2D eigenvalue weighted by molar-refractivity contribution is 0.268. The molecule has 0 saturated heterocycles. The topological polar surface area (TPSA) is 75.2 Å². The highest BCUT2D eigenvalue weighted by Gasteiger charge is 2.15. The molecule has 1 heterocycles. The Balaban J connectivity index is 2.28. The molecule has 0 aliphatic heterocycles. The highest BCUT2D eigenvalue weighted by molar-refractivity contribution is 6.30. The number of aryl methyl sites for hydroxylation is 1. The Kier molecular flexibility index (Phi) is 5.03. The fraction of sp³-hybridized carbons (Fsp3) is 0.429. The Labute approximate surface area is 128 Å². The molecule has 114 valence electrons. The number of aromatic nitrogens is 3. The van der Waals surface area contributed by atoms with E-state index in [1.165, 1.54) is 6.33 Å². The monoisotopic (exact) mass is 310 g/mol. The molecule has 2 N–H and O–H groups in total. The zero-order chi connectivity index (χ0) is 15.4. The van der Waals surface area contributed by atoms with Gasteiger partial charge in [-0.1, -0.05) is 11.6 Å². The van der Waals surface area contributed by atoms with Crippen LogP contribution in [0.15, 0.2) is 18.5 Å². The van der Waals surface area contributed by atoms with E-state index < -0.39 is 0 Å². The number of methoxy groups -OCH3 is 1. The Bertz CT molecular complexity index is 613. The van der Waals surface area contributed by atoms with E-state index in [1.807, 2.05) is 20.0 Å². The van der Waals surface area contributed by atoms with E-state index in [0.29, 0.717) is 29.5 Å². The molecule has 1 aromatic carbocycles. The predicted octanol–water partition coefficient (Wildman–Crippen LogP) is 1.95. The van der Waals surface area contributed by atoms with Crippen LogP contribution in [0.1, 0.15) is 18.3 Å². The van der Waals surface area contributed by atoms with Crippen LogP contribution in [0, 0.1) is 0 Å². The van der Waals surface area contributed by atoms with Crippen LogP contribution >= 0.6 is 11.6 Å². The van der Waals surface area contributed by atoms with Gasteiger partial charge in [-0.25, -0.2) is 4.98 Å².